The van der Waals surface area contributed by atoms with Crippen LogP contribution in [0.25, 0.3) is 0 Å². The van der Waals surface area contributed by atoms with Gasteiger partial charge in [-0.15, -0.1) is 0 Å². The normalized spacial score (nSPS) is 17.5. The second kappa shape index (κ2) is 6.95. The molecule has 110 valence electrons. The molecule has 1 fully saturated rings. The Balaban J connectivity index is 1.57. The number of rotatable bonds is 7. The molecule has 1 heterocycles. The van der Waals surface area contributed by atoms with Gasteiger partial charge in [-0.25, -0.2) is 0 Å². The lowest BCUT2D eigenvalue weighted by molar-refractivity contribution is -0.145. The molecule has 1 saturated heterocycles. The molecule has 1 aromatic rings. The van der Waals surface area contributed by atoms with Gasteiger partial charge in [-0.2, -0.15) is 0 Å². The minimum absolute atomic E-state index is 0.239. The molecule has 1 aliphatic heterocycles. The summed E-state index contributed by atoms with van der Waals surface area (Å²) in [4.78, 5) is 13.1. The minimum atomic E-state index is -0.694. The van der Waals surface area contributed by atoms with Gasteiger partial charge in [0, 0.05) is 24.7 Å². The summed E-state index contributed by atoms with van der Waals surface area (Å²) in [6.07, 6.45) is 0.941. The summed E-state index contributed by atoms with van der Waals surface area (Å²) >= 11 is 5.80. The number of carbonyl (C=O) groups is 1. The molecule has 0 saturated carbocycles. The second-order valence-corrected chi connectivity index (χ2v) is 5.74. The summed E-state index contributed by atoms with van der Waals surface area (Å²) in [5.74, 6) is 0.192. The Bertz CT molecular complexity index is 443. The van der Waals surface area contributed by atoms with Gasteiger partial charge in [0.1, 0.15) is 5.75 Å². The maximum atomic E-state index is 10.8. The van der Waals surface area contributed by atoms with Crippen molar-refractivity contribution in [1.29, 1.82) is 0 Å². The molecule has 0 amide bonds. The zero-order valence-corrected chi connectivity index (χ0v) is 12.3. The Kier molecular flexibility index (Phi) is 5.26. The smallest absolute Gasteiger partial charge is 0.306 e. The second-order valence-electron chi connectivity index (χ2n) is 5.30. The molecule has 0 radical (unpaired) electrons. The van der Waals surface area contributed by atoms with E-state index in [4.69, 9.17) is 21.4 Å². The van der Waals surface area contributed by atoms with Gasteiger partial charge in [-0.1, -0.05) is 18.5 Å². The lowest BCUT2D eigenvalue weighted by Crippen LogP contribution is -2.51. The topological polar surface area (TPSA) is 49.8 Å². The van der Waals surface area contributed by atoms with Crippen molar-refractivity contribution in [2.24, 2.45) is 11.8 Å². The highest BCUT2D eigenvalue weighted by molar-refractivity contribution is 6.30. The summed E-state index contributed by atoms with van der Waals surface area (Å²) in [6.45, 7) is 5.17. The molecular weight excluding hydrogens is 278 g/mol. The number of halogens is 1. The Morgan fingerprint density at radius 3 is 2.70 bits per heavy atom. The van der Waals surface area contributed by atoms with Crippen molar-refractivity contribution in [2.45, 2.75) is 13.3 Å². The zero-order valence-electron chi connectivity index (χ0n) is 11.6. The predicted molar refractivity (Wildman–Crippen MR) is 78.3 cm³/mol. The first kappa shape index (κ1) is 15.1. The summed E-state index contributed by atoms with van der Waals surface area (Å²) < 4.78 is 5.61. The molecule has 0 bridgehead atoms. The summed E-state index contributed by atoms with van der Waals surface area (Å²) in [5.41, 5.74) is 0. The van der Waals surface area contributed by atoms with Crippen molar-refractivity contribution >= 4 is 17.6 Å². The molecular formula is C15H20ClNO3. The van der Waals surface area contributed by atoms with Crippen LogP contribution in [-0.4, -0.2) is 42.2 Å². The Morgan fingerprint density at radius 1 is 1.45 bits per heavy atom. The highest BCUT2D eigenvalue weighted by atomic mass is 35.5. The number of hydrogen-bond acceptors (Lipinski definition) is 3. The number of carboxylic acids is 1. The highest BCUT2D eigenvalue weighted by Crippen LogP contribution is 2.24. The van der Waals surface area contributed by atoms with Gasteiger partial charge in [0.05, 0.1) is 12.5 Å². The van der Waals surface area contributed by atoms with E-state index in [1.54, 1.807) is 6.92 Å². The minimum Gasteiger partial charge on any atom is -0.494 e. The van der Waals surface area contributed by atoms with Crippen LogP contribution in [-0.2, 0) is 4.79 Å². The van der Waals surface area contributed by atoms with Crippen molar-refractivity contribution in [1.82, 2.24) is 4.90 Å². The lowest BCUT2D eigenvalue weighted by atomic mass is 9.87. The number of hydrogen-bond donors (Lipinski definition) is 1. The number of likely N-dealkylation sites (tertiary alicyclic amines) is 1. The third kappa shape index (κ3) is 4.12. The van der Waals surface area contributed by atoms with Crippen LogP contribution in [0.4, 0.5) is 0 Å². The third-order valence-corrected chi connectivity index (χ3v) is 4.04. The van der Waals surface area contributed by atoms with Crippen LogP contribution in [0, 0.1) is 11.8 Å². The van der Waals surface area contributed by atoms with Crippen LogP contribution >= 0.6 is 11.6 Å². The summed E-state index contributed by atoms with van der Waals surface area (Å²) in [6, 6.07) is 7.33. The number of aliphatic carboxylic acids is 1. The fourth-order valence-electron chi connectivity index (χ4n) is 2.32. The van der Waals surface area contributed by atoms with E-state index in [9.17, 15) is 4.79 Å². The van der Waals surface area contributed by atoms with Crippen molar-refractivity contribution in [3.05, 3.63) is 29.3 Å². The first-order chi connectivity index (χ1) is 9.56. The lowest BCUT2D eigenvalue weighted by Gasteiger charge is -2.41. The van der Waals surface area contributed by atoms with Crippen molar-refractivity contribution < 1.29 is 14.6 Å². The largest absolute Gasteiger partial charge is 0.494 e. The standard InChI is InChI=1S/C15H20ClNO3/c1-11(15(18)19)12-9-17(10-12)7-2-8-20-14-5-3-13(16)4-6-14/h3-6,11-12H,2,7-10H2,1H3,(H,18,19). The van der Waals surface area contributed by atoms with Crippen LogP contribution in [0.1, 0.15) is 13.3 Å². The van der Waals surface area contributed by atoms with Crippen molar-refractivity contribution in [3.8, 4) is 5.75 Å². The molecule has 2 rings (SSSR count). The van der Waals surface area contributed by atoms with Gasteiger partial charge in [0.15, 0.2) is 0 Å². The fraction of sp³-hybridized carbons (Fsp3) is 0.533. The predicted octanol–water partition coefficient (Wildman–Crippen LogP) is 2.76. The molecule has 1 unspecified atom stereocenters. The molecule has 5 heteroatoms. The van der Waals surface area contributed by atoms with Gasteiger partial charge in [-0.3, -0.25) is 4.79 Å². The highest BCUT2D eigenvalue weighted by Gasteiger charge is 2.33. The fourth-order valence-corrected chi connectivity index (χ4v) is 2.45. The molecule has 1 atom stereocenters. The Labute approximate surface area is 124 Å². The Hall–Kier alpha value is -1.26. The van der Waals surface area contributed by atoms with Crippen LogP contribution in [0.2, 0.25) is 5.02 Å². The molecule has 1 aromatic carbocycles. The van der Waals surface area contributed by atoms with Gasteiger partial charge < -0.3 is 14.7 Å². The van der Waals surface area contributed by atoms with Gasteiger partial charge in [0.25, 0.3) is 0 Å². The van der Waals surface area contributed by atoms with E-state index >= 15 is 0 Å². The number of benzene rings is 1. The van der Waals surface area contributed by atoms with E-state index in [0.29, 0.717) is 17.5 Å². The SMILES string of the molecule is CC(C(=O)O)C1CN(CCCOc2ccc(Cl)cc2)C1. The van der Waals surface area contributed by atoms with Crippen LogP contribution in [0.15, 0.2) is 24.3 Å². The number of carboxylic acid groups (broad SMARTS) is 1. The molecule has 0 aliphatic carbocycles. The number of ether oxygens (including phenoxy) is 1. The van der Waals surface area contributed by atoms with Gasteiger partial charge in [0.2, 0.25) is 0 Å². The molecule has 0 spiro atoms. The van der Waals surface area contributed by atoms with E-state index in [2.05, 4.69) is 4.90 Å². The summed E-state index contributed by atoms with van der Waals surface area (Å²) in [5, 5.41) is 9.62. The van der Waals surface area contributed by atoms with Crippen LogP contribution < -0.4 is 4.74 Å². The maximum Gasteiger partial charge on any atom is 0.306 e. The monoisotopic (exact) mass is 297 g/mol. The van der Waals surface area contributed by atoms with E-state index in [1.165, 1.54) is 0 Å². The van der Waals surface area contributed by atoms with E-state index in [0.717, 1.165) is 31.8 Å². The number of nitrogens with zero attached hydrogens (tertiary/aromatic N) is 1. The molecule has 1 aliphatic rings. The first-order valence-electron chi connectivity index (χ1n) is 6.90. The Morgan fingerprint density at radius 2 is 2.10 bits per heavy atom. The molecule has 20 heavy (non-hydrogen) atoms. The third-order valence-electron chi connectivity index (χ3n) is 3.78. The first-order valence-corrected chi connectivity index (χ1v) is 7.27. The van der Waals surface area contributed by atoms with Crippen molar-refractivity contribution in [3.63, 3.8) is 0 Å². The maximum absolute atomic E-state index is 10.8. The van der Waals surface area contributed by atoms with Gasteiger partial charge >= 0.3 is 5.97 Å². The van der Waals surface area contributed by atoms with Crippen LogP contribution in [0.3, 0.4) is 0 Å². The average molecular weight is 298 g/mol. The molecule has 1 N–H and O–H groups in total. The van der Waals surface area contributed by atoms with Gasteiger partial charge in [-0.05, 0) is 36.6 Å². The van der Waals surface area contributed by atoms with E-state index < -0.39 is 5.97 Å². The molecule has 0 aromatic heterocycles. The zero-order chi connectivity index (χ0) is 14.5. The van der Waals surface area contributed by atoms with E-state index in [-0.39, 0.29) is 5.92 Å². The summed E-state index contributed by atoms with van der Waals surface area (Å²) in [7, 11) is 0. The van der Waals surface area contributed by atoms with Crippen molar-refractivity contribution in [2.75, 3.05) is 26.2 Å². The average Bonchev–Trinajstić information content (AvgIpc) is 2.37. The van der Waals surface area contributed by atoms with E-state index in [1.807, 2.05) is 24.3 Å². The quantitative estimate of drug-likeness (QED) is 0.786. The van der Waals surface area contributed by atoms with Crippen LogP contribution in [0.5, 0.6) is 5.75 Å². The molecule has 4 nitrogen and oxygen atoms in total.